The monoisotopic (exact) mass is 509 g/mol. The van der Waals surface area contributed by atoms with Crippen molar-refractivity contribution in [2.75, 3.05) is 19.0 Å². The molecule has 0 aliphatic carbocycles. The predicted octanol–water partition coefficient (Wildman–Crippen LogP) is 4.69. The van der Waals surface area contributed by atoms with E-state index in [9.17, 15) is 18.8 Å². The first kappa shape index (κ1) is 25.2. The summed E-state index contributed by atoms with van der Waals surface area (Å²) in [4.78, 5) is 37.6. The van der Waals surface area contributed by atoms with Gasteiger partial charge in [0.2, 0.25) is 0 Å². The molecule has 0 bridgehead atoms. The van der Waals surface area contributed by atoms with Crippen LogP contribution in [0.2, 0.25) is 5.02 Å². The van der Waals surface area contributed by atoms with Gasteiger partial charge >= 0.3 is 11.9 Å². The van der Waals surface area contributed by atoms with Gasteiger partial charge in [0.1, 0.15) is 21.4 Å². The van der Waals surface area contributed by atoms with Gasteiger partial charge in [-0.05, 0) is 37.1 Å². The normalized spacial score (nSPS) is 10.6. The second-order valence-electron chi connectivity index (χ2n) is 6.93. The second kappa shape index (κ2) is 11.1. The van der Waals surface area contributed by atoms with Crippen molar-refractivity contribution in [3.63, 3.8) is 0 Å². The third-order valence-corrected chi connectivity index (χ3v) is 5.99. The van der Waals surface area contributed by atoms with Gasteiger partial charge < -0.3 is 19.5 Å². The molecule has 180 valence electrons. The number of anilines is 1. The molecule has 9 nitrogen and oxygen atoms in total. The van der Waals surface area contributed by atoms with Crippen LogP contribution in [-0.4, -0.2) is 41.3 Å². The van der Waals surface area contributed by atoms with Crippen molar-refractivity contribution in [1.82, 2.24) is 9.78 Å². The molecule has 2 aromatic heterocycles. The third kappa shape index (κ3) is 5.72. The fourth-order valence-corrected chi connectivity index (χ4v) is 4.11. The van der Waals surface area contributed by atoms with Gasteiger partial charge in [0, 0.05) is 12.3 Å². The maximum Gasteiger partial charge on any atom is 0.348 e. The summed E-state index contributed by atoms with van der Waals surface area (Å²) in [6, 6.07) is 5.36. The van der Waals surface area contributed by atoms with Crippen molar-refractivity contribution in [3.8, 4) is 5.75 Å². The Labute approximate surface area is 203 Å². The van der Waals surface area contributed by atoms with Crippen molar-refractivity contribution in [1.29, 1.82) is 0 Å². The highest BCUT2D eigenvalue weighted by Gasteiger charge is 2.27. The van der Waals surface area contributed by atoms with E-state index < -0.39 is 23.7 Å². The van der Waals surface area contributed by atoms with Gasteiger partial charge in [-0.2, -0.15) is 5.10 Å². The minimum absolute atomic E-state index is 0.0410. The number of methoxy groups -OCH3 is 1. The first-order valence-corrected chi connectivity index (χ1v) is 11.3. The van der Waals surface area contributed by atoms with Crippen molar-refractivity contribution >= 4 is 45.8 Å². The minimum Gasteiger partial charge on any atom is -0.471 e. The average molecular weight is 510 g/mol. The zero-order chi connectivity index (χ0) is 24.8. The lowest BCUT2D eigenvalue weighted by Crippen LogP contribution is -2.16. The molecule has 3 rings (SSSR count). The molecule has 0 aliphatic rings. The van der Waals surface area contributed by atoms with Crippen LogP contribution in [0.5, 0.6) is 5.75 Å². The van der Waals surface area contributed by atoms with E-state index in [0.717, 1.165) is 11.3 Å². The maximum absolute atomic E-state index is 13.3. The highest BCUT2D eigenvalue weighted by Crippen LogP contribution is 2.34. The van der Waals surface area contributed by atoms with Gasteiger partial charge in [0.05, 0.1) is 24.3 Å². The van der Waals surface area contributed by atoms with Gasteiger partial charge in [-0.15, -0.1) is 11.3 Å². The molecule has 0 radical (unpaired) electrons. The predicted molar refractivity (Wildman–Crippen MR) is 123 cm³/mol. The number of esters is 2. The zero-order valence-corrected chi connectivity index (χ0v) is 20.1. The minimum atomic E-state index is -0.655. The lowest BCUT2D eigenvalue weighted by Gasteiger charge is -2.07. The van der Waals surface area contributed by atoms with Gasteiger partial charge in [0.15, 0.2) is 12.4 Å². The molecule has 0 atom stereocenters. The first-order valence-electron chi connectivity index (χ1n) is 10.1. The van der Waals surface area contributed by atoms with E-state index in [1.165, 1.54) is 42.3 Å². The van der Waals surface area contributed by atoms with Crippen molar-refractivity contribution in [2.45, 2.75) is 27.0 Å². The quantitative estimate of drug-likeness (QED) is 0.417. The number of nitrogens with zero attached hydrogens (tertiary/aromatic N) is 2. The molecular formula is C22H21ClFN3O6S. The summed E-state index contributed by atoms with van der Waals surface area (Å²) >= 11 is 6.64. The molecule has 1 aromatic carbocycles. The molecule has 2 heterocycles. The lowest BCUT2D eigenvalue weighted by atomic mass is 10.1. The molecule has 1 amide bonds. The molecular weight excluding hydrogens is 489 g/mol. The summed E-state index contributed by atoms with van der Waals surface area (Å²) in [7, 11) is 1.23. The number of rotatable bonds is 9. The Hall–Kier alpha value is -3.44. The first-order chi connectivity index (χ1) is 16.2. The average Bonchev–Trinajstić information content (AvgIpc) is 3.42. The van der Waals surface area contributed by atoms with Gasteiger partial charge in [-0.1, -0.05) is 18.5 Å². The SMILES string of the molecule is CCCOC(=O)c1c(NC(=O)c2ccn(COc3ccc(F)c(Cl)c3)n2)sc(C(=O)OC)c1C. The summed E-state index contributed by atoms with van der Waals surface area (Å²) in [5, 5.41) is 6.82. The van der Waals surface area contributed by atoms with Gasteiger partial charge in [0.25, 0.3) is 5.91 Å². The van der Waals surface area contributed by atoms with Crippen LogP contribution in [0.15, 0.2) is 30.5 Å². The second-order valence-corrected chi connectivity index (χ2v) is 8.36. The van der Waals surface area contributed by atoms with Crippen LogP contribution in [0.25, 0.3) is 0 Å². The Kier molecular flexibility index (Phi) is 8.24. The molecule has 0 fully saturated rings. The molecule has 1 N–H and O–H groups in total. The molecule has 34 heavy (non-hydrogen) atoms. The summed E-state index contributed by atoms with van der Waals surface area (Å²) in [5.41, 5.74) is 0.479. The summed E-state index contributed by atoms with van der Waals surface area (Å²) in [5.74, 6) is -2.13. The highest BCUT2D eigenvalue weighted by molar-refractivity contribution is 7.18. The molecule has 0 aliphatic heterocycles. The number of ether oxygens (including phenoxy) is 3. The number of halogens is 2. The maximum atomic E-state index is 13.3. The van der Waals surface area contributed by atoms with Crippen LogP contribution < -0.4 is 10.1 Å². The molecule has 3 aromatic rings. The Balaban J connectivity index is 1.76. The fourth-order valence-electron chi connectivity index (χ4n) is 2.83. The number of aromatic nitrogens is 2. The topological polar surface area (TPSA) is 109 Å². The number of carbonyl (C=O) groups excluding carboxylic acids is 3. The Morgan fingerprint density at radius 2 is 2.00 bits per heavy atom. The summed E-state index contributed by atoms with van der Waals surface area (Å²) < 4.78 is 30.1. The van der Waals surface area contributed by atoms with Crippen LogP contribution in [-0.2, 0) is 16.2 Å². The highest BCUT2D eigenvalue weighted by atomic mass is 35.5. The Bertz CT molecular complexity index is 1230. The van der Waals surface area contributed by atoms with Crippen LogP contribution in [0.4, 0.5) is 9.39 Å². The van der Waals surface area contributed by atoms with Crippen LogP contribution in [0.3, 0.4) is 0 Å². The molecule has 0 spiro atoms. The van der Waals surface area contributed by atoms with E-state index in [4.69, 9.17) is 25.8 Å². The standard InChI is InChI=1S/C22H21ClFN3O6S/c1-4-9-32-21(29)17-12(2)18(22(30)31-3)34-20(17)25-19(28)16-7-8-27(26-16)11-33-13-5-6-15(24)14(23)10-13/h5-8,10H,4,9,11H2,1-3H3,(H,25,28). The van der Waals surface area contributed by atoms with E-state index >= 15 is 0 Å². The number of benzene rings is 1. The molecule has 0 saturated heterocycles. The fraction of sp³-hybridized carbons (Fsp3) is 0.273. The molecule has 12 heteroatoms. The van der Waals surface area contributed by atoms with Crippen molar-refractivity contribution < 1.29 is 33.0 Å². The smallest absolute Gasteiger partial charge is 0.348 e. The van der Waals surface area contributed by atoms with Crippen LogP contribution in [0, 0.1) is 12.7 Å². The molecule has 0 unspecified atom stereocenters. The number of carbonyl (C=O) groups is 3. The van der Waals surface area contributed by atoms with Crippen molar-refractivity contribution in [3.05, 3.63) is 63.0 Å². The third-order valence-electron chi connectivity index (χ3n) is 4.51. The Morgan fingerprint density at radius 3 is 2.68 bits per heavy atom. The Morgan fingerprint density at radius 1 is 1.24 bits per heavy atom. The largest absolute Gasteiger partial charge is 0.471 e. The molecule has 0 saturated carbocycles. The number of amides is 1. The number of thiophene rings is 1. The van der Waals surface area contributed by atoms with E-state index in [1.54, 1.807) is 6.92 Å². The van der Waals surface area contributed by atoms with Gasteiger partial charge in [-0.25, -0.2) is 18.7 Å². The van der Waals surface area contributed by atoms with E-state index in [0.29, 0.717) is 17.7 Å². The number of hydrogen-bond donors (Lipinski definition) is 1. The summed E-state index contributed by atoms with van der Waals surface area (Å²) in [6.07, 6.45) is 2.13. The van der Waals surface area contributed by atoms with Gasteiger partial charge in [-0.3, -0.25) is 4.79 Å². The number of nitrogens with one attached hydrogen (secondary N) is 1. The lowest BCUT2D eigenvalue weighted by molar-refractivity contribution is 0.0506. The van der Waals surface area contributed by atoms with Crippen LogP contribution >= 0.6 is 22.9 Å². The van der Waals surface area contributed by atoms with Crippen molar-refractivity contribution in [2.24, 2.45) is 0 Å². The van der Waals surface area contributed by atoms with E-state index in [1.807, 2.05) is 6.92 Å². The zero-order valence-electron chi connectivity index (χ0n) is 18.5. The number of hydrogen-bond acceptors (Lipinski definition) is 8. The van der Waals surface area contributed by atoms with E-state index in [2.05, 4.69) is 10.4 Å². The van der Waals surface area contributed by atoms with Crippen LogP contribution in [0.1, 0.15) is 49.4 Å². The summed E-state index contributed by atoms with van der Waals surface area (Å²) in [6.45, 7) is 3.56. The van der Waals surface area contributed by atoms with E-state index in [-0.39, 0.29) is 39.5 Å².